The normalized spacial score (nSPS) is 16.7. The summed E-state index contributed by atoms with van der Waals surface area (Å²) in [7, 11) is 0. The first-order chi connectivity index (χ1) is 12.6. The minimum atomic E-state index is -0.00978. The molecule has 1 N–H and O–H groups in total. The number of benzene rings is 2. The maximum absolute atomic E-state index is 12.6. The number of hydrogen-bond acceptors (Lipinski definition) is 2. The molecule has 0 aromatic heterocycles. The van der Waals surface area contributed by atoms with E-state index >= 15 is 0 Å². The summed E-state index contributed by atoms with van der Waals surface area (Å²) in [5, 5.41) is 3.15. The summed E-state index contributed by atoms with van der Waals surface area (Å²) in [6.45, 7) is 4.96. The molecule has 1 atom stereocenters. The number of carbonyl (C=O) groups is 1. The first-order valence-corrected chi connectivity index (χ1v) is 10.3. The molecule has 0 saturated carbocycles. The lowest BCUT2D eigenvalue weighted by Gasteiger charge is -2.31. The van der Waals surface area contributed by atoms with Crippen LogP contribution in [0.3, 0.4) is 0 Å². The number of carbonyl (C=O) groups excluding carboxylic acids is 1. The molecular formula is C22H27BrN2O. The van der Waals surface area contributed by atoms with Crippen molar-refractivity contribution in [1.29, 1.82) is 0 Å². The zero-order valence-electron chi connectivity index (χ0n) is 15.4. The molecule has 3 nitrogen and oxygen atoms in total. The maximum Gasteiger partial charge on any atom is 0.251 e. The van der Waals surface area contributed by atoms with Crippen LogP contribution in [0.15, 0.2) is 53.0 Å². The molecule has 0 bridgehead atoms. The molecular weight excluding hydrogens is 388 g/mol. The third-order valence-corrected chi connectivity index (χ3v) is 5.63. The topological polar surface area (TPSA) is 32.3 Å². The van der Waals surface area contributed by atoms with Gasteiger partial charge in [-0.15, -0.1) is 0 Å². The van der Waals surface area contributed by atoms with Crippen LogP contribution in [0.5, 0.6) is 0 Å². The first kappa shape index (κ1) is 19.1. The van der Waals surface area contributed by atoms with E-state index in [0.717, 1.165) is 17.6 Å². The van der Waals surface area contributed by atoms with Crippen LogP contribution in [0, 0.1) is 6.92 Å². The van der Waals surface area contributed by atoms with E-state index in [1.807, 2.05) is 24.3 Å². The number of rotatable bonds is 5. The Kier molecular flexibility index (Phi) is 6.86. The SMILES string of the molecule is Cc1ccc(C(CNC(=O)c2ccc(Br)cc2)N2CCCCCC2)cc1. The highest BCUT2D eigenvalue weighted by molar-refractivity contribution is 9.10. The third kappa shape index (κ3) is 5.18. The van der Waals surface area contributed by atoms with Crippen molar-refractivity contribution in [3.63, 3.8) is 0 Å². The van der Waals surface area contributed by atoms with Gasteiger partial charge in [0.15, 0.2) is 0 Å². The van der Waals surface area contributed by atoms with E-state index in [1.165, 1.54) is 36.8 Å². The molecule has 1 aliphatic heterocycles. The molecule has 1 unspecified atom stereocenters. The Morgan fingerprint density at radius 2 is 1.62 bits per heavy atom. The standard InChI is InChI=1S/C22H27BrN2O/c1-17-6-8-18(9-7-17)21(25-14-4-2-3-5-15-25)16-24-22(26)19-10-12-20(23)13-11-19/h6-13,21H,2-5,14-16H2,1H3,(H,24,26). The van der Waals surface area contributed by atoms with Crippen LogP contribution >= 0.6 is 15.9 Å². The minimum Gasteiger partial charge on any atom is -0.350 e. The van der Waals surface area contributed by atoms with Crippen LogP contribution in [-0.4, -0.2) is 30.4 Å². The predicted molar refractivity (Wildman–Crippen MR) is 110 cm³/mol. The molecule has 0 spiro atoms. The van der Waals surface area contributed by atoms with Crippen molar-refractivity contribution in [2.75, 3.05) is 19.6 Å². The van der Waals surface area contributed by atoms with Gasteiger partial charge in [-0.05, 0) is 62.7 Å². The van der Waals surface area contributed by atoms with Gasteiger partial charge < -0.3 is 5.32 Å². The maximum atomic E-state index is 12.6. The molecule has 2 aromatic rings. The Hall–Kier alpha value is -1.65. The number of halogens is 1. The van der Waals surface area contributed by atoms with Gasteiger partial charge in [0.2, 0.25) is 0 Å². The van der Waals surface area contributed by atoms with Gasteiger partial charge in [0.25, 0.3) is 5.91 Å². The molecule has 1 heterocycles. The second-order valence-corrected chi connectivity index (χ2v) is 8.01. The van der Waals surface area contributed by atoms with Gasteiger partial charge in [-0.25, -0.2) is 0 Å². The smallest absolute Gasteiger partial charge is 0.251 e. The molecule has 1 aliphatic rings. The first-order valence-electron chi connectivity index (χ1n) is 9.48. The summed E-state index contributed by atoms with van der Waals surface area (Å²) < 4.78 is 0.983. The highest BCUT2D eigenvalue weighted by Crippen LogP contribution is 2.24. The second kappa shape index (κ2) is 9.33. The average Bonchev–Trinajstić information content (AvgIpc) is 2.93. The number of aryl methyl sites for hydroxylation is 1. The van der Waals surface area contributed by atoms with E-state index < -0.39 is 0 Å². The van der Waals surface area contributed by atoms with Crippen molar-refractivity contribution < 1.29 is 4.79 Å². The summed E-state index contributed by atoms with van der Waals surface area (Å²) in [5.74, 6) is -0.00978. The van der Waals surface area contributed by atoms with Gasteiger partial charge >= 0.3 is 0 Å². The number of hydrogen-bond donors (Lipinski definition) is 1. The van der Waals surface area contributed by atoms with Crippen molar-refractivity contribution in [1.82, 2.24) is 10.2 Å². The second-order valence-electron chi connectivity index (χ2n) is 7.09. The Labute approximate surface area is 164 Å². The number of amides is 1. The van der Waals surface area contributed by atoms with Crippen LogP contribution in [0.1, 0.15) is 53.2 Å². The Balaban J connectivity index is 1.73. The number of likely N-dealkylation sites (tertiary alicyclic amines) is 1. The Morgan fingerprint density at radius 3 is 2.23 bits per heavy atom. The summed E-state index contributed by atoms with van der Waals surface area (Å²) in [5.41, 5.74) is 3.25. The van der Waals surface area contributed by atoms with Gasteiger partial charge in [0.05, 0.1) is 6.04 Å². The van der Waals surface area contributed by atoms with E-state index in [2.05, 4.69) is 57.3 Å². The molecule has 0 radical (unpaired) electrons. The quantitative estimate of drug-likeness (QED) is 0.737. The summed E-state index contributed by atoms with van der Waals surface area (Å²) in [6.07, 6.45) is 5.09. The molecule has 26 heavy (non-hydrogen) atoms. The number of nitrogens with one attached hydrogen (secondary N) is 1. The van der Waals surface area contributed by atoms with Gasteiger partial charge in [-0.2, -0.15) is 0 Å². The van der Waals surface area contributed by atoms with E-state index in [1.54, 1.807) is 0 Å². The molecule has 1 fully saturated rings. The summed E-state index contributed by atoms with van der Waals surface area (Å²) in [6, 6.07) is 16.5. The monoisotopic (exact) mass is 414 g/mol. The average molecular weight is 415 g/mol. The van der Waals surface area contributed by atoms with Crippen LogP contribution in [0.2, 0.25) is 0 Å². The number of nitrogens with zero attached hydrogens (tertiary/aromatic N) is 1. The highest BCUT2D eigenvalue weighted by Gasteiger charge is 2.22. The Morgan fingerprint density at radius 1 is 1.00 bits per heavy atom. The van der Waals surface area contributed by atoms with Crippen molar-refractivity contribution >= 4 is 21.8 Å². The molecule has 2 aromatic carbocycles. The van der Waals surface area contributed by atoms with Crippen molar-refractivity contribution in [3.8, 4) is 0 Å². The van der Waals surface area contributed by atoms with Gasteiger partial charge in [-0.1, -0.05) is 58.6 Å². The van der Waals surface area contributed by atoms with Gasteiger partial charge in [-0.3, -0.25) is 9.69 Å². The zero-order valence-corrected chi connectivity index (χ0v) is 17.0. The van der Waals surface area contributed by atoms with Gasteiger partial charge in [0.1, 0.15) is 0 Å². The molecule has 1 saturated heterocycles. The van der Waals surface area contributed by atoms with E-state index in [4.69, 9.17) is 0 Å². The zero-order chi connectivity index (χ0) is 18.4. The summed E-state index contributed by atoms with van der Waals surface area (Å²) >= 11 is 3.41. The predicted octanol–water partition coefficient (Wildman–Crippen LogP) is 5.10. The fraction of sp³-hybridized carbons (Fsp3) is 0.409. The van der Waals surface area contributed by atoms with Crippen LogP contribution in [-0.2, 0) is 0 Å². The molecule has 3 rings (SSSR count). The van der Waals surface area contributed by atoms with Crippen LogP contribution < -0.4 is 5.32 Å². The highest BCUT2D eigenvalue weighted by atomic mass is 79.9. The molecule has 1 amide bonds. The van der Waals surface area contributed by atoms with Crippen molar-refractivity contribution in [2.24, 2.45) is 0 Å². The minimum absolute atomic E-state index is 0.00978. The molecule has 4 heteroatoms. The van der Waals surface area contributed by atoms with Crippen LogP contribution in [0.25, 0.3) is 0 Å². The lowest BCUT2D eigenvalue weighted by atomic mass is 10.0. The summed E-state index contributed by atoms with van der Waals surface area (Å²) in [4.78, 5) is 15.1. The van der Waals surface area contributed by atoms with E-state index in [0.29, 0.717) is 12.1 Å². The largest absolute Gasteiger partial charge is 0.350 e. The third-order valence-electron chi connectivity index (χ3n) is 5.11. The van der Waals surface area contributed by atoms with E-state index in [-0.39, 0.29) is 11.9 Å². The van der Waals surface area contributed by atoms with Gasteiger partial charge in [0, 0.05) is 16.6 Å². The van der Waals surface area contributed by atoms with Crippen molar-refractivity contribution in [2.45, 2.75) is 38.6 Å². The lowest BCUT2D eigenvalue weighted by molar-refractivity contribution is 0.0933. The fourth-order valence-electron chi connectivity index (χ4n) is 3.55. The van der Waals surface area contributed by atoms with E-state index in [9.17, 15) is 4.79 Å². The fourth-order valence-corrected chi connectivity index (χ4v) is 3.81. The van der Waals surface area contributed by atoms with Crippen LogP contribution in [0.4, 0.5) is 0 Å². The Bertz CT molecular complexity index is 704. The molecule has 0 aliphatic carbocycles. The molecule has 138 valence electrons. The van der Waals surface area contributed by atoms with Crippen molar-refractivity contribution in [3.05, 3.63) is 69.7 Å². The lowest BCUT2D eigenvalue weighted by Crippen LogP contribution is -2.38.